The molecule has 0 bridgehead atoms. The molecule has 13 nitrogen and oxygen atoms in total. The van der Waals surface area contributed by atoms with E-state index in [1.54, 1.807) is 0 Å². The second-order valence-corrected chi connectivity index (χ2v) is 15.4. The molecule has 5 rings (SSSR count). The molecule has 0 saturated carbocycles. The Morgan fingerprint density at radius 2 is 1.02 bits per heavy atom. The second kappa shape index (κ2) is 15.7. The van der Waals surface area contributed by atoms with E-state index in [1.165, 1.54) is 10.8 Å². The van der Waals surface area contributed by atoms with Gasteiger partial charge in [0.1, 0.15) is 0 Å². The minimum Gasteiger partial charge on any atom is -0.396 e. The largest absolute Gasteiger partial charge is 0.472 e. The molecule has 0 amide bonds. The molecule has 0 spiro atoms. The molecule has 5 aromatic rings. The van der Waals surface area contributed by atoms with Gasteiger partial charge in [0.2, 0.25) is 0 Å². The Balaban J connectivity index is 1.14. The molecule has 0 aliphatic heterocycles. The molecule has 17 heteroatoms. The van der Waals surface area contributed by atoms with E-state index in [-0.39, 0.29) is 25.6 Å². The Labute approximate surface area is 275 Å². The maximum absolute atomic E-state index is 12.5. The molecule has 0 radical (unpaired) electrons. The Morgan fingerprint density at radius 1 is 0.574 bits per heavy atom. The van der Waals surface area contributed by atoms with E-state index < -0.39 is 55.8 Å². The van der Waals surface area contributed by atoms with Gasteiger partial charge in [-0.1, -0.05) is 66.7 Å². The van der Waals surface area contributed by atoms with Crippen LogP contribution in [-0.4, -0.2) is 71.8 Å². The summed E-state index contributed by atoms with van der Waals surface area (Å²) in [4.78, 5) is 29.2. The van der Waals surface area contributed by atoms with Crippen molar-refractivity contribution in [2.45, 2.75) is 6.42 Å². The Morgan fingerprint density at radius 3 is 1.55 bits per heavy atom. The molecule has 0 aromatic heterocycles. The van der Waals surface area contributed by atoms with Gasteiger partial charge < -0.3 is 19.8 Å². The van der Waals surface area contributed by atoms with E-state index in [9.17, 15) is 33.5 Å². The predicted octanol–water partition coefficient (Wildman–Crippen LogP) is 6.22. The summed E-state index contributed by atoms with van der Waals surface area (Å²) in [6.45, 7) is -3.13. The first-order valence-corrected chi connectivity index (χ1v) is 19.7. The van der Waals surface area contributed by atoms with Crippen LogP contribution in [0.2, 0.25) is 0 Å². The lowest BCUT2D eigenvalue weighted by Crippen LogP contribution is -2.17. The van der Waals surface area contributed by atoms with Crippen molar-refractivity contribution in [3.63, 3.8) is 0 Å². The van der Waals surface area contributed by atoms with Crippen LogP contribution in [0.4, 0.5) is 0 Å². The van der Waals surface area contributed by atoms with Crippen molar-refractivity contribution in [3.8, 4) is 0 Å². The van der Waals surface area contributed by atoms with E-state index >= 15 is 0 Å². The van der Waals surface area contributed by atoms with E-state index in [2.05, 4.69) is 67.1 Å². The first kappa shape index (κ1) is 36.3. The fraction of sp³-hybridized carbons (Fsp3) is 0.333. The van der Waals surface area contributed by atoms with Crippen LogP contribution >= 0.6 is 36.1 Å². The van der Waals surface area contributed by atoms with E-state index in [0.29, 0.717) is 6.42 Å². The van der Waals surface area contributed by atoms with Gasteiger partial charge in [0.25, 0.3) is 0 Å². The molecule has 0 fully saturated rings. The highest BCUT2D eigenvalue weighted by molar-refractivity contribution is 7.80. The number of fused-ring (bicyclic) bond motifs is 2. The summed E-state index contributed by atoms with van der Waals surface area (Å²) in [5.74, 6) is -0.363. The quantitative estimate of drug-likeness (QED) is 0.0212. The van der Waals surface area contributed by atoms with Gasteiger partial charge in [-0.15, -0.1) is 0 Å². The van der Waals surface area contributed by atoms with E-state index in [4.69, 9.17) is 9.05 Å². The zero-order chi connectivity index (χ0) is 33.7. The SMILES string of the molecule is O=P(O)(OCCS)OCCOP(=O)(O)OCCOP(=O)(O)OCC(CO)Cc1ccc2c3cccc4cccc(c5cccc1c52)c43. The van der Waals surface area contributed by atoms with Gasteiger partial charge in [-0.25, -0.2) is 13.7 Å². The smallest absolute Gasteiger partial charge is 0.396 e. The number of aliphatic hydroxyl groups is 1. The van der Waals surface area contributed by atoms with Crippen molar-refractivity contribution >= 4 is 79.2 Å². The summed E-state index contributed by atoms with van der Waals surface area (Å²) in [7, 11) is -13.6. The lowest BCUT2D eigenvalue weighted by Gasteiger charge is -2.20. The summed E-state index contributed by atoms with van der Waals surface area (Å²) in [6.07, 6.45) is 0.355. The minimum absolute atomic E-state index is 0.141. The van der Waals surface area contributed by atoms with Crippen LogP contribution in [0.1, 0.15) is 5.56 Å². The number of benzene rings is 5. The highest BCUT2D eigenvalue weighted by atomic mass is 32.1. The van der Waals surface area contributed by atoms with Crippen molar-refractivity contribution in [2.75, 3.05) is 52.0 Å². The third kappa shape index (κ3) is 9.19. The van der Waals surface area contributed by atoms with Gasteiger partial charge in [0, 0.05) is 18.3 Å². The molecule has 0 aliphatic carbocycles. The molecule has 47 heavy (non-hydrogen) atoms. The van der Waals surface area contributed by atoms with Crippen molar-refractivity contribution in [1.82, 2.24) is 0 Å². The number of hydrogen-bond acceptors (Lipinski definition) is 11. The average Bonchev–Trinajstić information content (AvgIpc) is 3.05. The van der Waals surface area contributed by atoms with Crippen molar-refractivity contribution in [1.29, 1.82) is 0 Å². The summed E-state index contributed by atoms with van der Waals surface area (Å²) in [6, 6.07) is 22.7. The minimum atomic E-state index is -4.64. The number of phosphoric acid groups is 3. The van der Waals surface area contributed by atoms with Gasteiger partial charge >= 0.3 is 23.5 Å². The first-order valence-electron chi connectivity index (χ1n) is 14.6. The normalized spacial score (nSPS) is 16.9. The maximum Gasteiger partial charge on any atom is 0.472 e. The van der Waals surface area contributed by atoms with Crippen LogP contribution in [-0.2, 0) is 47.3 Å². The number of hydrogen-bond donors (Lipinski definition) is 5. The molecular formula is C30H35O13P3S. The summed E-state index contributed by atoms with van der Waals surface area (Å²) < 4.78 is 64.3. The zero-order valence-electron chi connectivity index (χ0n) is 25.0. The van der Waals surface area contributed by atoms with Gasteiger partial charge in [0.15, 0.2) is 0 Å². The van der Waals surface area contributed by atoms with Crippen LogP contribution in [0.5, 0.6) is 0 Å². The average molecular weight is 729 g/mol. The van der Waals surface area contributed by atoms with E-state index in [1.807, 2.05) is 30.3 Å². The van der Waals surface area contributed by atoms with Gasteiger partial charge in [0.05, 0.1) is 39.6 Å². The lowest BCUT2D eigenvalue weighted by atomic mass is 9.87. The van der Waals surface area contributed by atoms with Crippen LogP contribution in [0, 0.1) is 5.92 Å². The standard InChI is InChI=1S/C30H35O13P3S/c31-19-21(20-43-46(36,37)41-15-14-39-44(32,33)38-12-13-40-45(34,35)42-16-17-47)18-23-10-11-28-26-8-2-5-22-4-1-7-25(29(22)26)27-9-3-6-24(23)30(27)28/h1-11,21,31,47H,12-20H2,(H,32,33)(H,34,35)(H,36,37). The number of aliphatic hydroxyl groups excluding tert-OH is 1. The fourth-order valence-electron chi connectivity index (χ4n) is 5.45. The number of thiol groups is 1. The Hall–Kier alpha value is -1.96. The fourth-order valence-corrected chi connectivity index (χ4v) is 7.85. The monoisotopic (exact) mass is 728 g/mol. The molecule has 0 aliphatic rings. The van der Waals surface area contributed by atoms with Crippen LogP contribution < -0.4 is 0 Å². The molecule has 0 saturated heterocycles. The molecule has 4 unspecified atom stereocenters. The Bertz CT molecular complexity index is 1920. The second-order valence-electron chi connectivity index (χ2n) is 10.6. The molecule has 4 atom stereocenters. The number of phosphoric ester groups is 3. The summed E-state index contributed by atoms with van der Waals surface area (Å²) >= 11 is 3.83. The first-order chi connectivity index (χ1) is 22.4. The molecule has 0 heterocycles. The highest BCUT2D eigenvalue weighted by Gasteiger charge is 2.27. The zero-order valence-corrected chi connectivity index (χ0v) is 28.6. The van der Waals surface area contributed by atoms with Crippen LogP contribution in [0.25, 0.3) is 43.1 Å². The van der Waals surface area contributed by atoms with Gasteiger partial charge in [-0.05, 0) is 55.1 Å². The van der Waals surface area contributed by atoms with Gasteiger partial charge in [-0.3, -0.25) is 27.1 Å². The third-order valence-corrected chi connectivity index (χ3v) is 10.6. The van der Waals surface area contributed by atoms with Gasteiger partial charge in [-0.2, -0.15) is 12.6 Å². The molecule has 4 N–H and O–H groups in total. The Kier molecular flexibility index (Phi) is 12.1. The summed E-state index contributed by atoms with van der Waals surface area (Å²) in [5, 5.41) is 19.1. The molecule has 5 aromatic carbocycles. The van der Waals surface area contributed by atoms with Crippen molar-refractivity contribution < 1.29 is 60.6 Å². The third-order valence-electron chi connectivity index (χ3n) is 7.39. The highest BCUT2D eigenvalue weighted by Crippen LogP contribution is 2.47. The van der Waals surface area contributed by atoms with Crippen LogP contribution in [0.15, 0.2) is 66.7 Å². The van der Waals surface area contributed by atoms with E-state index in [0.717, 1.165) is 37.9 Å². The predicted molar refractivity (Wildman–Crippen MR) is 181 cm³/mol. The maximum atomic E-state index is 12.5. The van der Waals surface area contributed by atoms with Crippen molar-refractivity contribution in [3.05, 3.63) is 72.3 Å². The number of rotatable bonds is 19. The summed E-state index contributed by atoms with van der Waals surface area (Å²) in [5.41, 5.74) is 0.943. The van der Waals surface area contributed by atoms with Crippen LogP contribution in [0.3, 0.4) is 0 Å². The van der Waals surface area contributed by atoms with Crippen molar-refractivity contribution in [2.24, 2.45) is 5.92 Å². The molecular weight excluding hydrogens is 693 g/mol. The molecule has 254 valence electrons. The topological polar surface area (TPSA) is 188 Å². The lowest BCUT2D eigenvalue weighted by molar-refractivity contribution is 0.0801.